The summed E-state index contributed by atoms with van der Waals surface area (Å²) in [5, 5.41) is 9.53. The molecular formula is C41H70O4. The molecule has 0 aromatic carbocycles. The van der Waals surface area contributed by atoms with Gasteiger partial charge in [-0.25, -0.2) is 0 Å². The van der Waals surface area contributed by atoms with E-state index in [-0.39, 0.29) is 19.2 Å². The Morgan fingerprint density at radius 2 is 1.00 bits per heavy atom. The van der Waals surface area contributed by atoms with Gasteiger partial charge < -0.3 is 14.6 Å². The Kier molecular flexibility index (Phi) is 36.2. The molecule has 0 spiro atoms. The normalized spacial score (nSPS) is 13.2. The SMILES string of the molecule is CC/C=C\C/C=C\C/C=C\C/C=C\C/C=C\C/C=C\CCCCCCC(=O)OC(CO)COCCCCCCCCCCCC. The van der Waals surface area contributed by atoms with Crippen LogP contribution in [0.25, 0.3) is 0 Å². The Hall–Kier alpha value is -2.17. The average molecular weight is 627 g/mol. The van der Waals surface area contributed by atoms with E-state index in [1.165, 1.54) is 57.8 Å². The van der Waals surface area contributed by atoms with Gasteiger partial charge in [0.05, 0.1) is 13.2 Å². The van der Waals surface area contributed by atoms with Gasteiger partial charge in [0.25, 0.3) is 0 Å². The third kappa shape index (κ3) is 36.2. The lowest BCUT2D eigenvalue weighted by Crippen LogP contribution is -2.27. The van der Waals surface area contributed by atoms with Crippen LogP contribution >= 0.6 is 0 Å². The highest BCUT2D eigenvalue weighted by Crippen LogP contribution is 2.11. The lowest BCUT2D eigenvalue weighted by Gasteiger charge is -2.15. The first-order chi connectivity index (χ1) is 22.2. The molecule has 1 N–H and O–H groups in total. The highest BCUT2D eigenvalue weighted by Gasteiger charge is 2.13. The molecule has 0 bridgehead atoms. The van der Waals surface area contributed by atoms with Crippen LogP contribution in [-0.2, 0) is 14.3 Å². The van der Waals surface area contributed by atoms with Crippen LogP contribution in [0.2, 0.25) is 0 Å². The molecule has 4 heteroatoms. The molecule has 1 atom stereocenters. The number of carbonyl (C=O) groups excluding carboxylic acids is 1. The average Bonchev–Trinajstić information content (AvgIpc) is 3.05. The van der Waals surface area contributed by atoms with Crippen molar-refractivity contribution in [2.45, 2.75) is 161 Å². The van der Waals surface area contributed by atoms with Gasteiger partial charge >= 0.3 is 5.97 Å². The van der Waals surface area contributed by atoms with Crippen molar-refractivity contribution in [1.82, 2.24) is 0 Å². The standard InChI is InChI=1S/C41H70O4/c1-3-5-7-9-11-13-15-16-17-18-19-20-21-22-23-24-25-26-27-28-30-32-34-36-41(43)45-40(38-42)39-44-37-35-33-31-29-14-12-10-8-6-4-2/h5,7,11,13,16-17,19-20,22-23,25-26,40,42H,3-4,6,8-10,12,14-15,18,21,24,27-39H2,1-2H3/b7-5-,13-11-,17-16-,20-19-,23-22-,26-25-. The van der Waals surface area contributed by atoms with Crippen LogP contribution in [0.3, 0.4) is 0 Å². The highest BCUT2D eigenvalue weighted by atomic mass is 16.6. The van der Waals surface area contributed by atoms with Gasteiger partial charge in [-0.2, -0.15) is 0 Å². The smallest absolute Gasteiger partial charge is 0.306 e. The molecule has 0 fully saturated rings. The van der Waals surface area contributed by atoms with E-state index in [0.29, 0.717) is 13.0 Å². The van der Waals surface area contributed by atoms with E-state index in [4.69, 9.17) is 9.47 Å². The van der Waals surface area contributed by atoms with Crippen molar-refractivity contribution in [3.05, 3.63) is 72.9 Å². The summed E-state index contributed by atoms with van der Waals surface area (Å²) in [5.41, 5.74) is 0. The van der Waals surface area contributed by atoms with Gasteiger partial charge in [0.15, 0.2) is 0 Å². The van der Waals surface area contributed by atoms with Gasteiger partial charge in [-0.3, -0.25) is 4.79 Å². The molecule has 0 aliphatic rings. The van der Waals surface area contributed by atoms with E-state index in [9.17, 15) is 9.90 Å². The topological polar surface area (TPSA) is 55.8 Å². The zero-order chi connectivity index (χ0) is 32.7. The molecule has 0 aromatic heterocycles. The second kappa shape index (κ2) is 38.0. The van der Waals surface area contributed by atoms with Crippen LogP contribution in [-0.4, -0.2) is 37.0 Å². The fourth-order valence-corrected chi connectivity index (χ4v) is 4.80. The maximum absolute atomic E-state index is 12.1. The summed E-state index contributed by atoms with van der Waals surface area (Å²) in [6.07, 6.45) is 50.8. The van der Waals surface area contributed by atoms with Gasteiger partial charge in [-0.1, -0.05) is 157 Å². The van der Waals surface area contributed by atoms with Crippen molar-refractivity contribution in [1.29, 1.82) is 0 Å². The van der Waals surface area contributed by atoms with Crippen LogP contribution in [0, 0.1) is 0 Å². The Balaban J connectivity index is 3.58. The number of aliphatic hydroxyl groups is 1. The summed E-state index contributed by atoms with van der Waals surface area (Å²) in [6.45, 7) is 5.18. The lowest BCUT2D eigenvalue weighted by molar-refractivity contribution is -0.154. The zero-order valence-corrected chi connectivity index (χ0v) is 29.4. The third-order valence-electron chi connectivity index (χ3n) is 7.55. The minimum Gasteiger partial charge on any atom is -0.457 e. The third-order valence-corrected chi connectivity index (χ3v) is 7.55. The molecule has 0 aliphatic carbocycles. The predicted molar refractivity (Wildman–Crippen MR) is 196 cm³/mol. The number of rotatable bonds is 33. The van der Waals surface area contributed by atoms with Gasteiger partial charge in [0, 0.05) is 13.0 Å². The van der Waals surface area contributed by atoms with Gasteiger partial charge in [-0.05, 0) is 64.2 Å². The number of carbonyl (C=O) groups is 1. The molecule has 0 aliphatic heterocycles. The first-order valence-electron chi connectivity index (χ1n) is 18.5. The van der Waals surface area contributed by atoms with Crippen LogP contribution < -0.4 is 0 Å². The minimum atomic E-state index is -0.547. The molecule has 0 aromatic rings. The minimum absolute atomic E-state index is 0.185. The predicted octanol–water partition coefficient (Wildman–Crippen LogP) is 11.9. The number of hydrogen-bond donors (Lipinski definition) is 1. The number of ether oxygens (including phenoxy) is 2. The molecule has 0 saturated heterocycles. The molecule has 0 radical (unpaired) electrons. The number of esters is 1. The summed E-state index contributed by atoms with van der Waals surface area (Å²) < 4.78 is 11.1. The largest absolute Gasteiger partial charge is 0.457 e. The van der Waals surface area contributed by atoms with Crippen molar-refractivity contribution in [2.24, 2.45) is 0 Å². The number of hydrogen-bond acceptors (Lipinski definition) is 4. The summed E-state index contributed by atoms with van der Waals surface area (Å²) in [7, 11) is 0. The first-order valence-corrected chi connectivity index (χ1v) is 18.5. The lowest BCUT2D eigenvalue weighted by atomic mass is 10.1. The van der Waals surface area contributed by atoms with E-state index in [1.807, 2.05) is 0 Å². The van der Waals surface area contributed by atoms with E-state index in [1.54, 1.807) is 0 Å². The Bertz CT molecular complexity index is 789. The maximum atomic E-state index is 12.1. The number of unbranched alkanes of at least 4 members (excludes halogenated alkanes) is 13. The highest BCUT2D eigenvalue weighted by molar-refractivity contribution is 5.69. The number of aliphatic hydroxyl groups excluding tert-OH is 1. The van der Waals surface area contributed by atoms with Crippen LogP contribution in [0.15, 0.2) is 72.9 Å². The summed E-state index contributed by atoms with van der Waals surface area (Å²) in [4.78, 5) is 12.1. The van der Waals surface area contributed by atoms with Crippen LogP contribution in [0.1, 0.15) is 155 Å². The molecule has 45 heavy (non-hydrogen) atoms. The molecule has 258 valence electrons. The van der Waals surface area contributed by atoms with E-state index >= 15 is 0 Å². The quantitative estimate of drug-likeness (QED) is 0.0447. The molecule has 0 heterocycles. The van der Waals surface area contributed by atoms with Gasteiger partial charge in [0.2, 0.25) is 0 Å². The summed E-state index contributed by atoms with van der Waals surface area (Å²) >= 11 is 0. The first kappa shape index (κ1) is 42.8. The molecule has 0 saturated carbocycles. The van der Waals surface area contributed by atoms with E-state index < -0.39 is 6.10 Å². The van der Waals surface area contributed by atoms with Gasteiger partial charge in [-0.15, -0.1) is 0 Å². The Morgan fingerprint density at radius 3 is 1.51 bits per heavy atom. The van der Waals surface area contributed by atoms with Crippen molar-refractivity contribution in [2.75, 3.05) is 19.8 Å². The van der Waals surface area contributed by atoms with E-state index in [0.717, 1.165) is 77.0 Å². The van der Waals surface area contributed by atoms with Crippen molar-refractivity contribution in [3.8, 4) is 0 Å². The summed E-state index contributed by atoms with van der Waals surface area (Å²) in [6, 6.07) is 0. The Labute approximate surface area is 278 Å². The maximum Gasteiger partial charge on any atom is 0.306 e. The fraction of sp³-hybridized carbons (Fsp3) is 0.683. The second-order valence-electron chi connectivity index (χ2n) is 11.9. The van der Waals surface area contributed by atoms with Crippen molar-refractivity contribution < 1.29 is 19.4 Å². The molecular weight excluding hydrogens is 556 g/mol. The molecule has 4 nitrogen and oxygen atoms in total. The molecule has 0 amide bonds. The Morgan fingerprint density at radius 1 is 0.556 bits per heavy atom. The fourth-order valence-electron chi connectivity index (χ4n) is 4.80. The van der Waals surface area contributed by atoms with Crippen LogP contribution in [0.5, 0.6) is 0 Å². The number of allylic oxidation sites excluding steroid dienone is 12. The zero-order valence-electron chi connectivity index (χ0n) is 29.4. The van der Waals surface area contributed by atoms with Crippen LogP contribution in [0.4, 0.5) is 0 Å². The molecule has 0 rings (SSSR count). The van der Waals surface area contributed by atoms with Crippen molar-refractivity contribution >= 4 is 5.97 Å². The second-order valence-corrected chi connectivity index (χ2v) is 11.9. The summed E-state index contributed by atoms with van der Waals surface area (Å²) in [5.74, 6) is -0.228. The van der Waals surface area contributed by atoms with Crippen molar-refractivity contribution in [3.63, 3.8) is 0 Å². The monoisotopic (exact) mass is 627 g/mol. The van der Waals surface area contributed by atoms with E-state index in [2.05, 4.69) is 86.8 Å². The molecule has 1 unspecified atom stereocenters. The van der Waals surface area contributed by atoms with Gasteiger partial charge in [0.1, 0.15) is 6.10 Å².